The Bertz CT molecular complexity index is 752. The van der Waals surface area contributed by atoms with Crippen LogP contribution in [0.15, 0.2) is 47.2 Å². The molecule has 0 saturated carbocycles. The smallest absolute Gasteiger partial charge is 0.339 e. The predicted octanol–water partition coefficient (Wildman–Crippen LogP) is 3.29. The number of carboxylic acids is 1. The van der Waals surface area contributed by atoms with Gasteiger partial charge in [0.2, 0.25) is 0 Å². The molecule has 0 amide bonds. The van der Waals surface area contributed by atoms with Gasteiger partial charge in [0.15, 0.2) is 0 Å². The second-order valence-electron chi connectivity index (χ2n) is 4.57. The van der Waals surface area contributed by atoms with Crippen molar-refractivity contribution in [3.05, 3.63) is 59.7 Å². The Balaban J connectivity index is 2.01. The summed E-state index contributed by atoms with van der Waals surface area (Å²) in [5.41, 5.74) is 2.49. The zero-order chi connectivity index (χ0) is 13.4. The highest BCUT2D eigenvalue weighted by Crippen LogP contribution is 2.20. The molecule has 0 atom stereocenters. The average Bonchev–Trinajstić information content (AvgIpc) is 2.97. The third-order valence-corrected chi connectivity index (χ3v) is 3.22. The number of carboxylic acid groups (broad SMARTS) is 1. The fourth-order valence-electron chi connectivity index (χ4n) is 2.27. The van der Waals surface area contributed by atoms with Crippen LogP contribution in [0.2, 0.25) is 0 Å². The Hall–Kier alpha value is -2.49. The van der Waals surface area contributed by atoms with Crippen molar-refractivity contribution in [2.24, 2.45) is 0 Å². The second-order valence-corrected chi connectivity index (χ2v) is 4.57. The van der Waals surface area contributed by atoms with Crippen molar-refractivity contribution >= 4 is 16.9 Å². The van der Waals surface area contributed by atoms with E-state index in [4.69, 9.17) is 9.52 Å². The molecule has 0 aliphatic heterocycles. The normalized spacial score (nSPS) is 11.0. The number of hydrogen-bond acceptors (Lipinski definition) is 2. The van der Waals surface area contributed by atoms with Gasteiger partial charge in [-0.2, -0.15) is 0 Å². The number of furan rings is 1. The Morgan fingerprint density at radius 3 is 2.95 bits per heavy atom. The molecule has 2 heterocycles. The number of fused-ring (bicyclic) bond motifs is 1. The quantitative estimate of drug-likeness (QED) is 0.781. The van der Waals surface area contributed by atoms with Gasteiger partial charge in [0, 0.05) is 11.7 Å². The number of carbonyl (C=O) groups is 1. The number of aromatic nitrogens is 1. The lowest BCUT2D eigenvalue weighted by molar-refractivity contribution is 0.0694. The predicted molar refractivity (Wildman–Crippen MR) is 71.4 cm³/mol. The molecule has 4 heteroatoms. The standard InChI is InChI=1S/C15H13NO3/c1-10-2-3-13-11(8-10)4-6-16(13)9-14-12(15(17)18)5-7-19-14/h2-8H,9H2,1H3,(H,17,18). The van der Waals surface area contributed by atoms with Gasteiger partial charge in [-0.15, -0.1) is 0 Å². The van der Waals surface area contributed by atoms with Crippen LogP contribution in [-0.4, -0.2) is 15.6 Å². The number of hydrogen-bond donors (Lipinski definition) is 1. The number of nitrogens with zero attached hydrogens (tertiary/aromatic N) is 1. The van der Waals surface area contributed by atoms with E-state index in [0.717, 1.165) is 10.9 Å². The maximum Gasteiger partial charge on any atom is 0.339 e. The fraction of sp³-hybridized carbons (Fsp3) is 0.133. The highest BCUT2D eigenvalue weighted by Gasteiger charge is 2.14. The van der Waals surface area contributed by atoms with E-state index in [9.17, 15) is 4.79 Å². The monoisotopic (exact) mass is 255 g/mol. The van der Waals surface area contributed by atoms with E-state index in [1.807, 2.05) is 35.9 Å². The molecule has 2 aromatic heterocycles. The summed E-state index contributed by atoms with van der Waals surface area (Å²) in [7, 11) is 0. The van der Waals surface area contributed by atoms with Gasteiger partial charge in [0.05, 0.1) is 12.8 Å². The molecule has 1 N–H and O–H groups in total. The summed E-state index contributed by atoms with van der Waals surface area (Å²) < 4.78 is 7.26. The van der Waals surface area contributed by atoms with Crippen LogP contribution in [0.25, 0.3) is 10.9 Å². The number of benzene rings is 1. The Kier molecular flexibility index (Phi) is 2.63. The van der Waals surface area contributed by atoms with Gasteiger partial charge in [-0.3, -0.25) is 0 Å². The summed E-state index contributed by atoms with van der Waals surface area (Å²) in [6.07, 6.45) is 3.35. The molecule has 0 radical (unpaired) electrons. The van der Waals surface area contributed by atoms with Gasteiger partial charge in [-0.25, -0.2) is 4.79 Å². The molecule has 0 aliphatic rings. The maximum absolute atomic E-state index is 11.1. The first-order valence-corrected chi connectivity index (χ1v) is 6.00. The molecule has 19 heavy (non-hydrogen) atoms. The molecule has 3 aromatic rings. The van der Waals surface area contributed by atoms with Crippen LogP contribution < -0.4 is 0 Å². The van der Waals surface area contributed by atoms with Crippen LogP contribution in [0, 0.1) is 6.92 Å². The zero-order valence-electron chi connectivity index (χ0n) is 10.5. The van der Waals surface area contributed by atoms with Crippen molar-refractivity contribution in [1.82, 2.24) is 4.57 Å². The van der Waals surface area contributed by atoms with Crippen molar-refractivity contribution in [3.63, 3.8) is 0 Å². The van der Waals surface area contributed by atoms with Gasteiger partial charge in [-0.1, -0.05) is 11.6 Å². The minimum atomic E-state index is -0.962. The summed E-state index contributed by atoms with van der Waals surface area (Å²) in [6, 6.07) is 9.68. The average molecular weight is 255 g/mol. The summed E-state index contributed by atoms with van der Waals surface area (Å²) in [4.78, 5) is 11.1. The third kappa shape index (κ3) is 2.01. The molecule has 0 saturated heterocycles. The minimum Gasteiger partial charge on any atom is -0.478 e. The lowest BCUT2D eigenvalue weighted by Gasteiger charge is -2.04. The van der Waals surface area contributed by atoms with Crippen LogP contribution in [-0.2, 0) is 6.54 Å². The van der Waals surface area contributed by atoms with Gasteiger partial charge in [-0.05, 0) is 36.6 Å². The summed E-state index contributed by atoms with van der Waals surface area (Å²) in [5, 5.41) is 10.2. The van der Waals surface area contributed by atoms with Crippen LogP contribution in [0.4, 0.5) is 0 Å². The minimum absolute atomic E-state index is 0.217. The van der Waals surface area contributed by atoms with Crippen LogP contribution in [0.5, 0.6) is 0 Å². The lowest BCUT2D eigenvalue weighted by Crippen LogP contribution is -2.03. The molecule has 0 bridgehead atoms. The molecule has 96 valence electrons. The first-order valence-electron chi connectivity index (χ1n) is 6.00. The Labute approximate surface area is 109 Å². The topological polar surface area (TPSA) is 55.4 Å². The Morgan fingerprint density at radius 2 is 2.16 bits per heavy atom. The van der Waals surface area contributed by atoms with Gasteiger partial charge in [0.1, 0.15) is 11.3 Å². The van der Waals surface area contributed by atoms with Crippen LogP contribution in [0.1, 0.15) is 21.7 Å². The maximum atomic E-state index is 11.1. The number of aryl methyl sites for hydroxylation is 1. The number of rotatable bonds is 3. The van der Waals surface area contributed by atoms with Crippen LogP contribution in [0.3, 0.4) is 0 Å². The molecule has 0 spiro atoms. The van der Waals surface area contributed by atoms with E-state index < -0.39 is 5.97 Å². The van der Waals surface area contributed by atoms with Gasteiger partial charge >= 0.3 is 5.97 Å². The van der Waals surface area contributed by atoms with E-state index in [0.29, 0.717) is 12.3 Å². The fourth-order valence-corrected chi connectivity index (χ4v) is 2.27. The third-order valence-electron chi connectivity index (χ3n) is 3.22. The largest absolute Gasteiger partial charge is 0.478 e. The van der Waals surface area contributed by atoms with Gasteiger partial charge < -0.3 is 14.1 Å². The molecule has 4 nitrogen and oxygen atoms in total. The summed E-state index contributed by atoms with van der Waals surface area (Å²) in [6.45, 7) is 2.47. The molecular formula is C15H13NO3. The molecule has 1 aromatic carbocycles. The summed E-state index contributed by atoms with van der Waals surface area (Å²) in [5.74, 6) is -0.498. The van der Waals surface area contributed by atoms with E-state index in [2.05, 4.69) is 6.07 Å². The molecule has 0 fully saturated rings. The summed E-state index contributed by atoms with van der Waals surface area (Å²) >= 11 is 0. The van der Waals surface area contributed by atoms with Crippen LogP contribution >= 0.6 is 0 Å². The molecule has 3 rings (SSSR count). The van der Waals surface area contributed by atoms with Crippen molar-refractivity contribution in [2.45, 2.75) is 13.5 Å². The second kappa shape index (κ2) is 4.31. The first-order chi connectivity index (χ1) is 9.15. The highest BCUT2D eigenvalue weighted by atomic mass is 16.4. The zero-order valence-corrected chi connectivity index (χ0v) is 10.5. The van der Waals surface area contributed by atoms with Crippen molar-refractivity contribution in [2.75, 3.05) is 0 Å². The highest BCUT2D eigenvalue weighted by molar-refractivity contribution is 5.88. The van der Waals surface area contributed by atoms with Gasteiger partial charge in [0.25, 0.3) is 0 Å². The van der Waals surface area contributed by atoms with Crippen molar-refractivity contribution < 1.29 is 14.3 Å². The van der Waals surface area contributed by atoms with E-state index in [-0.39, 0.29) is 5.56 Å². The van der Waals surface area contributed by atoms with E-state index in [1.54, 1.807) is 0 Å². The molecular weight excluding hydrogens is 242 g/mol. The Morgan fingerprint density at radius 1 is 1.32 bits per heavy atom. The van der Waals surface area contributed by atoms with E-state index >= 15 is 0 Å². The first kappa shape index (κ1) is 11.6. The van der Waals surface area contributed by atoms with Crippen molar-refractivity contribution in [1.29, 1.82) is 0 Å². The van der Waals surface area contributed by atoms with E-state index in [1.165, 1.54) is 17.9 Å². The number of aromatic carboxylic acids is 1. The molecule has 0 unspecified atom stereocenters. The van der Waals surface area contributed by atoms with Crippen molar-refractivity contribution in [3.8, 4) is 0 Å². The molecule has 0 aliphatic carbocycles. The lowest BCUT2D eigenvalue weighted by atomic mass is 10.2. The SMILES string of the molecule is Cc1ccc2c(ccn2Cc2occc2C(=O)O)c1.